The molecule has 0 aliphatic heterocycles. The van der Waals surface area contributed by atoms with Crippen LogP contribution < -0.4 is 10.3 Å². The Balaban J connectivity index is 1.97. The third kappa shape index (κ3) is 3.82. The van der Waals surface area contributed by atoms with Gasteiger partial charge in [0.2, 0.25) is 5.91 Å². The van der Waals surface area contributed by atoms with Crippen LogP contribution in [0, 0.1) is 0 Å². The highest BCUT2D eigenvalue weighted by molar-refractivity contribution is 6.31. The molecule has 0 saturated heterocycles. The van der Waals surface area contributed by atoms with Crippen LogP contribution in [0.3, 0.4) is 0 Å². The highest BCUT2D eigenvalue weighted by Crippen LogP contribution is 2.31. The molecule has 0 fully saturated rings. The molecule has 0 saturated carbocycles. The number of hydrogen-bond acceptors (Lipinski definition) is 4. The fourth-order valence-electron chi connectivity index (χ4n) is 3.71. The van der Waals surface area contributed by atoms with Gasteiger partial charge in [-0.05, 0) is 36.4 Å². The van der Waals surface area contributed by atoms with E-state index in [1.165, 1.54) is 9.58 Å². The lowest BCUT2D eigenvalue weighted by Gasteiger charge is -2.13. The number of halogens is 2. The summed E-state index contributed by atoms with van der Waals surface area (Å²) in [6, 6.07) is 12.0. The van der Waals surface area contributed by atoms with Crippen molar-refractivity contribution in [3.8, 4) is 11.4 Å². The average Bonchev–Trinajstić information content (AvgIpc) is 3.07. The van der Waals surface area contributed by atoms with Crippen LogP contribution >= 0.6 is 11.6 Å². The van der Waals surface area contributed by atoms with Gasteiger partial charge in [-0.3, -0.25) is 9.59 Å². The van der Waals surface area contributed by atoms with E-state index in [1.54, 1.807) is 62.1 Å². The van der Waals surface area contributed by atoms with Gasteiger partial charge < -0.3 is 14.2 Å². The molecular weight excluding hydrogens is 435 g/mol. The van der Waals surface area contributed by atoms with Crippen LogP contribution in [0.2, 0.25) is 5.02 Å². The van der Waals surface area contributed by atoms with Crippen LogP contribution in [0.15, 0.2) is 47.3 Å². The van der Waals surface area contributed by atoms with E-state index in [0.717, 1.165) is 10.9 Å². The van der Waals surface area contributed by atoms with Crippen LogP contribution in [0.5, 0.6) is 5.75 Å². The minimum Gasteiger partial charge on any atom is -0.491 e. The molecule has 9 heteroatoms. The molecule has 0 aliphatic carbocycles. The van der Waals surface area contributed by atoms with E-state index in [9.17, 15) is 14.0 Å². The Kier molecular flexibility index (Phi) is 5.88. The summed E-state index contributed by atoms with van der Waals surface area (Å²) in [6.07, 6.45) is 0.0310. The van der Waals surface area contributed by atoms with Crippen molar-refractivity contribution in [3.63, 3.8) is 0 Å². The number of rotatable bonds is 6. The van der Waals surface area contributed by atoms with Crippen molar-refractivity contribution in [2.75, 3.05) is 27.4 Å². The average molecular weight is 457 g/mol. The molecule has 0 N–H and O–H groups in total. The van der Waals surface area contributed by atoms with Gasteiger partial charge in [0, 0.05) is 36.9 Å². The summed E-state index contributed by atoms with van der Waals surface area (Å²) in [5, 5.41) is 6.57. The van der Waals surface area contributed by atoms with E-state index in [1.807, 2.05) is 6.07 Å². The number of aromatic nitrogens is 3. The minimum absolute atomic E-state index is 0.0310. The van der Waals surface area contributed by atoms with E-state index in [4.69, 9.17) is 16.3 Å². The van der Waals surface area contributed by atoms with Gasteiger partial charge >= 0.3 is 0 Å². The fourth-order valence-corrected chi connectivity index (χ4v) is 3.87. The van der Waals surface area contributed by atoms with Crippen molar-refractivity contribution in [2.24, 2.45) is 7.05 Å². The maximum atomic E-state index is 13.5. The quantitative estimate of drug-likeness (QED) is 0.445. The molecule has 0 spiro atoms. The number of amides is 1. The van der Waals surface area contributed by atoms with Gasteiger partial charge in [-0.15, -0.1) is 0 Å². The molecule has 0 bridgehead atoms. The van der Waals surface area contributed by atoms with Gasteiger partial charge in [-0.1, -0.05) is 17.7 Å². The van der Waals surface area contributed by atoms with Crippen LogP contribution in [0.1, 0.15) is 5.69 Å². The molecule has 7 nitrogen and oxygen atoms in total. The van der Waals surface area contributed by atoms with Gasteiger partial charge in [0.15, 0.2) is 0 Å². The second-order valence-electron chi connectivity index (χ2n) is 7.60. The monoisotopic (exact) mass is 456 g/mol. The largest absolute Gasteiger partial charge is 0.491 e. The molecule has 0 aliphatic rings. The fraction of sp³-hybridized carbons (Fsp3) is 0.261. The van der Waals surface area contributed by atoms with E-state index >= 15 is 0 Å². The zero-order valence-electron chi connectivity index (χ0n) is 17.9. The zero-order valence-corrected chi connectivity index (χ0v) is 18.7. The molecule has 166 valence electrons. The van der Waals surface area contributed by atoms with Gasteiger partial charge in [0.1, 0.15) is 24.5 Å². The smallest absolute Gasteiger partial charge is 0.296 e. The lowest BCUT2D eigenvalue weighted by atomic mass is 10.1. The molecule has 2 heterocycles. The maximum Gasteiger partial charge on any atom is 0.296 e. The SMILES string of the molecule is CN(C)C(=O)Cc1nn(-c2ccc(OCCF)cc2)c(=O)c2c1c1ccc(Cl)cc1n2C. The zero-order chi connectivity index (χ0) is 23.0. The lowest BCUT2D eigenvalue weighted by Crippen LogP contribution is -2.28. The van der Waals surface area contributed by atoms with Crippen LogP contribution in [0.4, 0.5) is 4.39 Å². The molecule has 0 unspecified atom stereocenters. The Labute approximate surface area is 188 Å². The maximum absolute atomic E-state index is 13.5. The first-order valence-electron chi connectivity index (χ1n) is 10.0. The van der Waals surface area contributed by atoms with Gasteiger partial charge in [0.05, 0.1) is 23.3 Å². The molecule has 0 radical (unpaired) electrons. The van der Waals surface area contributed by atoms with Crippen molar-refractivity contribution < 1.29 is 13.9 Å². The second kappa shape index (κ2) is 8.63. The number of nitrogens with zero attached hydrogens (tertiary/aromatic N) is 4. The van der Waals surface area contributed by atoms with Crippen LogP contribution in [-0.4, -0.2) is 52.5 Å². The first-order chi connectivity index (χ1) is 15.3. The lowest BCUT2D eigenvalue weighted by molar-refractivity contribution is -0.128. The standard InChI is InChI=1S/C23H22ClFN4O3/c1-27(2)20(30)13-18-21-17-9-4-14(24)12-19(17)28(3)22(21)23(31)29(26-18)15-5-7-16(8-6-15)32-11-10-25/h4-9,12H,10-11,13H2,1-3H3. The van der Waals surface area contributed by atoms with Gasteiger partial charge in [-0.2, -0.15) is 9.78 Å². The summed E-state index contributed by atoms with van der Waals surface area (Å²) < 4.78 is 20.7. The highest BCUT2D eigenvalue weighted by atomic mass is 35.5. The molecule has 4 rings (SSSR count). The summed E-state index contributed by atoms with van der Waals surface area (Å²) in [6.45, 7) is -0.632. The van der Waals surface area contributed by atoms with E-state index in [-0.39, 0.29) is 24.5 Å². The number of hydrogen-bond donors (Lipinski definition) is 0. The van der Waals surface area contributed by atoms with Crippen LogP contribution in [0.25, 0.3) is 27.5 Å². The summed E-state index contributed by atoms with van der Waals surface area (Å²) in [7, 11) is 5.14. The number of carbonyl (C=O) groups is 1. The third-order valence-corrected chi connectivity index (χ3v) is 5.55. The van der Waals surface area contributed by atoms with Crippen molar-refractivity contribution >= 4 is 39.3 Å². The number of aryl methyl sites for hydroxylation is 1. The summed E-state index contributed by atoms with van der Waals surface area (Å²) in [4.78, 5) is 27.5. The molecular formula is C23H22ClFN4O3. The number of likely N-dealkylation sites (N-methyl/N-ethyl adjacent to an activating group) is 1. The predicted molar refractivity (Wildman–Crippen MR) is 123 cm³/mol. The van der Waals surface area contributed by atoms with Crippen molar-refractivity contribution in [1.29, 1.82) is 0 Å². The minimum atomic E-state index is -0.590. The van der Waals surface area contributed by atoms with E-state index < -0.39 is 6.67 Å². The number of ether oxygens (including phenoxy) is 1. The first-order valence-corrected chi connectivity index (χ1v) is 10.4. The summed E-state index contributed by atoms with van der Waals surface area (Å²) >= 11 is 6.19. The summed E-state index contributed by atoms with van der Waals surface area (Å²) in [5.74, 6) is 0.354. The Morgan fingerprint density at radius 1 is 1.19 bits per heavy atom. The van der Waals surface area contributed by atoms with Crippen molar-refractivity contribution in [2.45, 2.75) is 6.42 Å². The molecule has 1 amide bonds. The molecule has 4 aromatic rings. The van der Waals surface area contributed by atoms with Gasteiger partial charge in [-0.25, -0.2) is 4.39 Å². The highest BCUT2D eigenvalue weighted by Gasteiger charge is 2.21. The number of fused-ring (bicyclic) bond motifs is 3. The first kappa shape index (κ1) is 21.8. The Morgan fingerprint density at radius 3 is 2.56 bits per heavy atom. The Morgan fingerprint density at radius 2 is 1.91 bits per heavy atom. The number of benzene rings is 2. The number of alkyl halides is 1. The van der Waals surface area contributed by atoms with E-state index in [0.29, 0.717) is 33.1 Å². The Bertz CT molecular complexity index is 1380. The Hall–Kier alpha value is -3.39. The van der Waals surface area contributed by atoms with Crippen molar-refractivity contribution in [1.82, 2.24) is 19.2 Å². The molecule has 0 atom stereocenters. The summed E-state index contributed by atoms with van der Waals surface area (Å²) in [5.41, 5.74) is 1.87. The molecule has 2 aromatic carbocycles. The van der Waals surface area contributed by atoms with E-state index in [2.05, 4.69) is 5.10 Å². The predicted octanol–water partition coefficient (Wildman–Crippen LogP) is 3.51. The number of carbonyl (C=O) groups excluding carboxylic acids is 1. The molecule has 2 aromatic heterocycles. The third-order valence-electron chi connectivity index (χ3n) is 5.31. The van der Waals surface area contributed by atoms with Gasteiger partial charge in [0.25, 0.3) is 5.56 Å². The normalized spacial score (nSPS) is 11.3. The van der Waals surface area contributed by atoms with Crippen molar-refractivity contribution in [3.05, 3.63) is 63.5 Å². The topological polar surface area (TPSA) is 69.4 Å². The molecule has 32 heavy (non-hydrogen) atoms. The van der Waals surface area contributed by atoms with Crippen LogP contribution in [-0.2, 0) is 18.3 Å². The second-order valence-corrected chi connectivity index (χ2v) is 8.04.